The maximum absolute atomic E-state index is 12.4. The van der Waals surface area contributed by atoms with Gasteiger partial charge in [0.25, 0.3) is 0 Å². The monoisotopic (exact) mass is 331 g/mol. The fourth-order valence-corrected chi connectivity index (χ4v) is 3.04. The third-order valence-corrected chi connectivity index (χ3v) is 4.34. The van der Waals surface area contributed by atoms with Crippen molar-refractivity contribution < 1.29 is 4.79 Å². The first-order chi connectivity index (χ1) is 12.2. The number of carbonyl (C=O) groups excluding carboxylic acids is 1. The summed E-state index contributed by atoms with van der Waals surface area (Å²) in [5.74, 6) is -0.0363. The molecule has 0 radical (unpaired) electrons. The van der Waals surface area contributed by atoms with Crippen LogP contribution < -0.4 is 5.32 Å². The Balaban J connectivity index is 1.60. The summed E-state index contributed by atoms with van der Waals surface area (Å²) >= 11 is 0. The Labute approximate surface area is 147 Å². The van der Waals surface area contributed by atoms with E-state index in [1.165, 1.54) is 5.56 Å². The minimum Gasteiger partial charge on any atom is -0.352 e. The van der Waals surface area contributed by atoms with Crippen molar-refractivity contribution in [3.05, 3.63) is 71.9 Å². The predicted octanol–water partition coefficient (Wildman–Crippen LogP) is 3.65. The fraction of sp³-hybridized carbons (Fsp3) is 0.238. The normalized spacial score (nSPS) is 11.8. The number of fused-ring (bicyclic) bond motifs is 1. The molecule has 0 aliphatic heterocycles. The van der Waals surface area contributed by atoms with Crippen molar-refractivity contribution in [1.82, 2.24) is 9.88 Å². The summed E-state index contributed by atoms with van der Waals surface area (Å²) in [6.45, 7) is 2.24. The van der Waals surface area contributed by atoms with Crippen LogP contribution in [0.1, 0.15) is 24.5 Å². The van der Waals surface area contributed by atoms with Gasteiger partial charge in [0, 0.05) is 23.1 Å². The van der Waals surface area contributed by atoms with Crippen LogP contribution in [0.4, 0.5) is 0 Å². The van der Waals surface area contributed by atoms with Crippen molar-refractivity contribution in [1.29, 1.82) is 5.26 Å². The molecule has 0 fully saturated rings. The lowest BCUT2D eigenvalue weighted by molar-refractivity contribution is -0.122. The Hall–Kier alpha value is -3.06. The number of nitriles is 1. The molecule has 2 aromatic carbocycles. The molecule has 0 spiro atoms. The van der Waals surface area contributed by atoms with Crippen LogP contribution in [0.3, 0.4) is 0 Å². The molecule has 1 amide bonds. The molecule has 0 saturated heterocycles. The second kappa shape index (κ2) is 7.67. The predicted molar refractivity (Wildman–Crippen MR) is 99.0 cm³/mol. The minimum absolute atomic E-state index is 0.0363. The van der Waals surface area contributed by atoms with Crippen molar-refractivity contribution >= 4 is 16.8 Å². The summed E-state index contributed by atoms with van der Waals surface area (Å²) in [6, 6.07) is 20.2. The molecule has 25 heavy (non-hydrogen) atoms. The smallest absolute Gasteiger partial charge is 0.240 e. The van der Waals surface area contributed by atoms with Crippen molar-refractivity contribution in [2.75, 3.05) is 0 Å². The molecule has 3 rings (SSSR count). The second-order valence-electron chi connectivity index (χ2n) is 6.29. The molecule has 0 aliphatic carbocycles. The Morgan fingerprint density at radius 1 is 1.16 bits per heavy atom. The number of hydrogen-bond donors (Lipinski definition) is 1. The molecular weight excluding hydrogens is 310 g/mol. The van der Waals surface area contributed by atoms with Crippen LogP contribution in [0.15, 0.2) is 60.8 Å². The first-order valence-electron chi connectivity index (χ1n) is 8.48. The number of para-hydroxylation sites is 1. The lowest BCUT2D eigenvalue weighted by Crippen LogP contribution is -2.35. The molecule has 1 unspecified atom stereocenters. The maximum atomic E-state index is 12.4. The highest BCUT2D eigenvalue weighted by molar-refractivity contribution is 5.88. The lowest BCUT2D eigenvalue weighted by atomic mass is 10.1. The molecule has 1 heterocycles. The van der Waals surface area contributed by atoms with E-state index in [1.54, 1.807) is 6.20 Å². The fourth-order valence-electron chi connectivity index (χ4n) is 3.04. The van der Waals surface area contributed by atoms with E-state index in [0.29, 0.717) is 5.56 Å². The molecule has 126 valence electrons. The third kappa shape index (κ3) is 4.07. The standard InChI is InChI=1S/C21H21N3O/c1-16(11-12-17-7-3-2-4-8-17)23-21(25)15-24-14-18(13-22)19-9-5-6-10-20(19)24/h2-10,14,16H,11-12,15H2,1H3,(H,23,25). The van der Waals surface area contributed by atoms with Gasteiger partial charge in [-0.05, 0) is 31.4 Å². The highest BCUT2D eigenvalue weighted by Gasteiger charge is 2.12. The molecular formula is C21H21N3O. The van der Waals surface area contributed by atoms with Crippen LogP contribution in [-0.2, 0) is 17.8 Å². The maximum Gasteiger partial charge on any atom is 0.240 e. The Morgan fingerprint density at radius 2 is 1.88 bits per heavy atom. The topological polar surface area (TPSA) is 57.8 Å². The zero-order chi connectivity index (χ0) is 17.6. The molecule has 1 aromatic heterocycles. The quantitative estimate of drug-likeness (QED) is 0.749. The van der Waals surface area contributed by atoms with Crippen molar-refractivity contribution in [2.45, 2.75) is 32.4 Å². The Kier molecular flexibility index (Phi) is 5.15. The van der Waals surface area contributed by atoms with Crippen molar-refractivity contribution in [3.63, 3.8) is 0 Å². The van der Waals surface area contributed by atoms with Gasteiger partial charge in [0.2, 0.25) is 5.91 Å². The molecule has 0 bridgehead atoms. The number of hydrogen-bond acceptors (Lipinski definition) is 2. The number of aromatic nitrogens is 1. The van der Waals surface area contributed by atoms with Crippen LogP contribution in [-0.4, -0.2) is 16.5 Å². The molecule has 1 atom stereocenters. The molecule has 4 nitrogen and oxygen atoms in total. The molecule has 0 aliphatic rings. The summed E-state index contributed by atoms with van der Waals surface area (Å²) < 4.78 is 1.84. The first kappa shape index (κ1) is 16.8. The number of amides is 1. The average Bonchev–Trinajstić information content (AvgIpc) is 2.98. The van der Waals surface area contributed by atoms with E-state index in [0.717, 1.165) is 23.7 Å². The van der Waals surface area contributed by atoms with Gasteiger partial charge in [-0.25, -0.2) is 0 Å². The van der Waals surface area contributed by atoms with Crippen LogP contribution in [0.5, 0.6) is 0 Å². The Morgan fingerprint density at radius 3 is 2.64 bits per heavy atom. The number of nitrogens with one attached hydrogen (secondary N) is 1. The van der Waals surface area contributed by atoms with E-state index in [2.05, 4.69) is 23.5 Å². The van der Waals surface area contributed by atoms with Gasteiger partial charge in [-0.3, -0.25) is 4.79 Å². The zero-order valence-electron chi connectivity index (χ0n) is 14.3. The van der Waals surface area contributed by atoms with Gasteiger partial charge < -0.3 is 9.88 Å². The number of nitrogens with zero attached hydrogens (tertiary/aromatic N) is 2. The van der Waals surface area contributed by atoms with E-state index in [4.69, 9.17) is 0 Å². The summed E-state index contributed by atoms with van der Waals surface area (Å²) in [6.07, 6.45) is 3.58. The molecule has 3 aromatic rings. The second-order valence-corrected chi connectivity index (χ2v) is 6.29. The van der Waals surface area contributed by atoms with Crippen molar-refractivity contribution in [2.24, 2.45) is 0 Å². The van der Waals surface area contributed by atoms with E-state index in [9.17, 15) is 10.1 Å². The van der Waals surface area contributed by atoms with Crippen LogP contribution in [0.25, 0.3) is 10.9 Å². The average molecular weight is 331 g/mol. The van der Waals surface area contributed by atoms with E-state index in [1.807, 2.05) is 54.0 Å². The zero-order valence-corrected chi connectivity index (χ0v) is 14.3. The summed E-state index contributed by atoms with van der Waals surface area (Å²) in [5, 5.41) is 13.2. The first-order valence-corrected chi connectivity index (χ1v) is 8.48. The van der Waals surface area contributed by atoms with Gasteiger partial charge in [0.05, 0.1) is 5.56 Å². The van der Waals surface area contributed by atoms with Gasteiger partial charge in [-0.2, -0.15) is 5.26 Å². The number of carbonyl (C=O) groups is 1. The van der Waals surface area contributed by atoms with Gasteiger partial charge in [-0.15, -0.1) is 0 Å². The molecule has 1 N–H and O–H groups in total. The van der Waals surface area contributed by atoms with Gasteiger partial charge in [0.15, 0.2) is 0 Å². The van der Waals surface area contributed by atoms with E-state index < -0.39 is 0 Å². The largest absolute Gasteiger partial charge is 0.352 e. The van der Waals surface area contributed by atoms with Crippen LogP contribution in [0, 0.1) is 11.3 Å². The van der Waals surface area contributed by atoms with E-state index >= 15 is 0 Å². The minimum atomic E-state index is -0.0363. The Bertz CT molecular complexity index is 906. The molecule has 4 heteroatoms. The number of benzene rings is 2. The van der Waals surface area contributed by atoms with Crippen LogP contribution in [0.2, 0.25) is 0 Å². The summed E-state index contributed by atoms with van der Waals surface area (Å²) in [5.41, 5.74) is 2.78. The lowest BCUT2D eigenvalue weighted by Gasteiger charge is -2.14. The summed E-state index contributed by atoms with van der Waals surface area (Å²) in [7, 11) is 0. The molecule has 0 saturated carbocycles. The SMILES string of the molecule is CC(CCc1ccccc1)NC(=O)Cn1cc(C#N)c2ccccc21. The van der Waals surface area contributed by atoms with Crippen LogP contribution >= 0.6 is 0 Å². The number of aryl methyl sites for hydroxylation is 1. The van der Waals surface area contributed by atoms with Gasteiger partial charge in [-0.1, -0.05) is 48.5 Å². The number of rotatable bonds is 6. The third-order valence-electron chi connectivity index (χ3n) is 4.34. The van der Waals surface area contributed by atoms with E-state index in [-0.39, 0.29) is 18.5 Å². The van der Waals surface area contributed by atoms with Gasteiger partial charge >= 0.3 is 0 Å². The summed E-state index contributed by atoms with van der Waals surface area (Å²) in [4.78, 5) is 12.4. The van der Waals surface area contributed by atoms with Gasteiger partial charge in [0.1, 0.15) is 12.6 Å². The highest BCUT2D eigenvalue weighted by Crippen LogP contribution is 2.20. The highest BCUT2D eigenvalue weighted by atomic mass is 16.2. The van der Waals surface area contributed by atoms with Crippen molar-refractivity contribution in [3.8, 4) is 6.07 Å².